The average molecular weight is 370 g/mol. The van der Waals surface area contributed by atoms with Crippen LogP contribution < -0.4 is 5.32 Å². The van der Waals surface area contributed by atoms with E-state index in [1.807, 2.05) is 14.0 Å². The lowest BCUT2D eigenvalue weighted by atomic mass is 10.1. The van der Waals surface area contributed by atoms with E-state index in [1.54, 1.807) is 0 Å². The normalized spacial score (nSPS) is 13.8. The number of rotatable bonds is 5. The molecule has 11 heteroatoms. The largest absolute Gasteiger partial charge is 0.473 e. The van der Waals surface area contributed by atoms with Gasteiger partial charge in [-0.25, -0.2) is 14.4 Å². The maximum atomic E-state index is 11.4. The molecule has 0 aliphatic carbocycles. The lowest BCUT2D eigenvalue weighted by Gasteiger charge is -2.20. The van der Waals surface area contributed by atoms with Gasteiger partial charge in [-0.15, -0.1) is 0 Å². The van der Waals surface area contributed by atoms with E-state index in [4.69, 9.17) is 29.1 Å². The number of nitrogens with one attached hydrogen (secondary N) is 1. The zero-order valence-corrected chi connectivity index (χ0v) is 14.6. The Labute approximate surface area is 149 Å². The van der Waals surface area contributed by atoms with Crippen LogP contribution >= 0.6 is 0 Å². The maximum Gasteiger partial charge on any atom is 0.414 e. The standard InChI is InChI=1S/C13H20N4O3.C2H2O4/c1-3-4-8-19-13(18)15-12-14-11(20-16-12)10-6-5-7-17(2)9-10;3-1(4)2(5)6/h6H,3-5,7-9H2,1-2H3,(H,15,16,18);(H,3,4)(H,5,6). The van der Waals surface area contributed by atoms with Gasteiger partial charge in [0.25, 0.3) is 11.8 Å². The average Bonchev–Trinajstić information content (AvgIpc) is 3.04. The third kappa shape index (κ3) is 7.75. The number of amides is 1. The Kier molecular flexibility index (Phi) is 8.78. The number of anilines is 1. The molecule has 26 heavy (non-hydrogen) atoms. The van der Waals surface area contributed by atoms with Crippen LogP contribution in [0.1, 0.15) is 32.1 Å². The molecule has 144 valence electrons. The molecule has 0 atom stereocenters. The first kappa shape index (κ1) is 21.1. The van der Waals surface area contributed by atoms with Crippen LogP contribution in [0.3, 0.4) is 0 Å². The minimum Gasteiger partial charge on any atom is -0.473 e. The molecule has 2 heterocycles. The van der Waals surface area contributed by atoms with Gasteiger partial charge in [0.2, 0.25) is 0 Å². The van der Waals surface area contributed by atoms with Crippen molar-refractivity contribution in [3.63, 3.8) is 0 Å². The first-order chi connectivity index (χ1) is 12.3. The highest BCUT2D eigenvalue weighted by molar-refractivity contribution is 6.27. The fourth-order valence-electron chi connectivity index (χ4n) is 1.89. The van der Waals surface area contributed by atoms with Gasteiger partial charge in [-0.05, 0) is 25.0 Å². The Hall–Kier alpha value is -2.95. The zero-order valence-electron chi connectivity index (χ0n) is 14.6. The molecule has 1 aromatic heterocycles. The van der Waals surface area contributed by atoms with E-state index in [9.17, 15) is 4.79 Å². The maximum absolute atomic E-state index is 11.4. The van der Waals surface area contributed by atoms with Gasteiger partial charge in [-0.1, -0.05) is 19.4 Å². The predicted octanol–water partition coefficient (Wildman–Crippen LogP) is 1.29. The van der Waals surface area contributed by atoms with Crippen molar-refractivity contribution in [2.24, 2.45) is 0 Å². The molecule has 0 saturated carbocycles. The van der Waals surface area contributed by atoms with Gasteiger partial charge in [0.15, 0.2) is 0 Å². The molecule has 0 bridgehead atoms. The molecule has 0 radical (unpaired) electrons. The minimum absolute atomic E-state index is 0.135. The Morgan fingerprint density at radius 2 is 2.04 bits per heavy atom. The number of ether oxygens (including phenoxy) is 1. The fraction of sp³-hybridized carbons (Fsp3) is 0.533. The topological polar surface area (TPSA) is 155 Å². The predicted molar refractivity (Wildman–Crippen MR) is 89.5 cm³/mol. The number of carbonyl (C=O) groups is 3. The van der Waals surface area contributed by atoms with Crippen LogP contribution in [0, 0.1) is 0 Å². The van der Waals surface area contributed by atoms with Crippen molar-refractivity contribution in [3.05, 3.63) is 12.0 Å². The Balaban J connectivity index is 0.000000487. The highest BCUT2D eigenvalue weighted by atomic mass is 16.5. The summed E-state index contributed by atoms with van der Waals surface area (Å²) >= 11 is 0. The van der Waals surface area contributed by atoms with Gasteiger partial charge in [-0.3, -0.25) is 5.32 Å². The van der Waals surface area contributed by atoms with Crippen LogP contribution in [0.2, 0.25) is 0 Å². The zero-order chi connectivity index (χ0) is 19.5. The highest BCUT2D eigenvalue weighted by Crippen LogP contribution is 2.19. The molecule has 0 saturated heterocycles. The second kappa shape index (κ2) is 10.8. The van der Waals surface area contributed by atoms with Crippen LogP contribution in [0.5, 0.6) is 0 Å². The van der Waals surface area contributed by atoms with Crippen molar-refractivity contribution >= 4 is 29.6 Å². The van der Waals surface area contributed by atoms with E-state index in [2.05, 4.69) is 26.4 Å². The van der Waals surface area contributed by atoms with Crippen LogP contribution in [0.4, 0.5) is 10.7 Å². The molecule has 0 unspecified atom stereocenters. The number of carboxylic acids is 2. The van der Waals surface area contributed by atoms with Crippen molar-refractivity contribution in [2.75, 3.05) is 32.1 Å². The number of aliphatic carboxylic acids is 2. The van der Waals surface area contributed by atoms with E-state index in [1.165, 1.54) is 0 Å². The van der Waals surface area contributed by atoms with Crippen molar-refractivity contribution in [3.8, 4) is 0 Å². The summed E-state index contributed by atoms with van der Waals surface area (Å²) in [6, 6.07) is 0. The van der Waals surface area contributed by atoms with Gasteiger partial charge >= 0.3 is 18.0 Å². The van der Waals surface area contributed by atoms with Gasteiger partial charge in [0, 0.05) is 18.7 Å². The Bertz CT molecular complexity index is 644. The number of hydrogen-bond acceptors (Lipinski definition) is 8. The number of likely N-dealkylation sites (N-methyl/N-ethyl adjacent to an activating group) is 1. The van der Waals surface area contributed by atoms with Crippen molar-refractivity contribution in [1.82, 2.24) is 15.0 Å². The minimum atomic E-state index is -1.82. The lowest BCUT2D eigenvalue weighted by molar-refractivity contribution is -0.159. The van der Waals surface area contributed by atoms with E-state index in [0.29, 0.717) is 12.5 Å². The summed E-state index contributed by atoms with van der Waals surface area (Å²) < 4.78 is 10.1. The third-order valence-electron chi connectivity index (χ3n) is 3.17. The van der Waals surface area contributed by atoms with Gasteiger partial charge in [-0.2, -0.15) is 4.98 Å². The molecule has 1 aliphatic heterocycles. The molecule has 0 fully saturated rings. The fourth-order valence-corrected chi connectivity index (χ4v) is 1.89. The van der Waals surface area contributed by atoms with E-state index < -0.39 is 18.0 Å². The summed E-state index contributed by atoms with van der Waals surface area (Å²) in [6.45, 7) is 4.21. The number of carbonyl (C=O) groups excluding carboxylic acids is 1. The van der Waals surface area contributed by atoms with Crippen LogP contribution in [-0.2, 0) is 14.3 Å². The summed E-state index contributed by atoms with van der Waals surface area (Å²) in [5, 5.41) is 21.0. The molecular weight excluding hydrogens is 348 g/mol. The summed E-state index contributed by atoms with van der Waals surface area (Å²) in [4.78, 5) is 36.0. The second-order valence-electron chi connectivity index (χ2n) is 5.40. The SMILES string of the molecule is CCCCOC(=O)Nc1noc(C2=CCCN(C)C2)n1.O=C(O)C(=O)O. The van der Waals surface area contributed by atoms with Crippen molar-refractivity contribution < 1.29 is 33.9 Å². The number of carboxylic acid groups (broad SMARTS) is 2. The monoisotopic (exact) mass is 370 g/mol. The van der Waals surface area contributed by atoms with E-state index in [0.717, 1.165) is 37.9 Å². The van der Waals surface area contributed by atoms with Crippen molar-refractivity contribution in [2.45, 2.75) is 26.2 Å². The third-order valence-corrected chi connectivity index (χ3v) is 3.17. The van der Waals surface area contributed by atoms with Crippen LogP contribution in [0.15, 0.2) is 10.6 Å². The van der Waals surface area contributed by atoms with Crippen LogP contribution in [-0.4, -0.2) is 70.0 Å². The Morgan fingerprint density at radius 1 is 1.35 bits per heavy atom. The van der Waals surface area contributed by atoms with E-state index >= 15 is 0 Å². The molecule has 11 nitrogen and oxygen atoms in total. The van der Waals surface area contributed by atoms with E-state index in [-0.39, 0.29) is 5.95 Å². The molecule has 0 spiro atoms. The summed E-state index contributed by atoms with van der Waals surface area (Å²) in [7, 11) is 2.04. The molecule has 3 N–H and O–H groups in total. The quantitative estimate of drug-likeness (QED) is 0.510. The molecule has 0 aromatic carbocycles. The number of aromatic nitrogens is 2. The van der Waals surface area contributed by atoms with Gasteiger partial charge < -0.3 is 24.4 Å². The van der Waals surface area contributed by atoms with Crippen LogP contribution in [0.25, 0.3) is 5.57 Å². The second-order valence-corrected chi connectivity index (χ2v) is 5.40. The van der Waals surface area contributed by atoms with Gasteiger partial charge in [0.05, 0.1) is 6.61 Å². The first-order valence-corrected chi connectivity index (χ1v) is 7.95. The molecule has 1 amide bonds. The highest BCUT2D eigenvalue weighted by Gasteiger charge is 2.17. The van der Waals surface area contributed by atoms with Gasteiger partial charge in [0.1, 0.15) is 0 Å². The molecule has 1 aliphatic rings. The summed E-state index contributed by atoms with van der Waals surface area (Å²) in [5.41, 5.74) is 0.985. The number of nitrogens with zero attached hydrogens (tertiary/aromatic N) is 3. The first-order valence-electron chi connectivity index (χ1n) is 7.95. The number of hydrogen-bond donors (Lipinski definition) is 3. The summed E-state index contributed by atoms with van der Waals surface area (Å²) in [6.07, 6.45) is 4.29. The molecule has 1 aromatic rings. The number of unbranched alkanes of at least 4 members (excludes halogenated alkanes) is 1. The smallest absolute Gasteiger partial charge is 0.414 e. The van der Waals surface area contributed by atoms with Crippen molar-refractivity contribution in [1.29, 1.82) is 0 Å². The Morgan fingerprint density at radius 3 is 2.62 bits per heavy atom. The molecular formula is C15H22N4O7. The lowest BCUT2D eigenvalue weighted by Crippen LogP contribution is -2.25. The molecule has 2 rings (SSSR count). The summed E-state index contributed by atoms with van der Waals surface area (Å²) in [5.74, 6) is -3.07.